The van der Waals surface area contributed by atoms with Crippen molar-refractivity contribution in [1.29, 1.82) is 5.53 Å². The summed E-state index contributed by atoms with van der Waals surface area (Å²) in [4.78, 5) is 24.2. The molecule has 1 aliphatic rings. The van der Waals surface area contributed by atoms with E-state index >= 15 is 0 Å². The topological polar surface area (TPSA) is 166 Å². The van der Waals surface area contributed by atoms with E-state index in [1.165, 1.54) is 13.8 Å². The highest BCUT2D eigenvalue weighted by Gasteiger charge is 2.48. The van der Waals surface area contributed by atoms with Gasteiger partial charge in [-0.05, 0) is 13.8 Å². The summed E-state index contributed by atoms with van der Waals surface area (Å²) in [6.07, 6.45) is -5.63. The molecule has 3 N–H and O–H groups in total. The highest BCUT2D eigenvalue weighted by Crippen LogP contribution is 2.32. The van der Waals surface area contributed by atoms with Crippen LogP contribution in [0.1, 0.15) is 20.3 Å². The van der Waals surface area contributed by atoms with E-state index in [2.05, 4.69) is 10.0 Å². The van der Waals surface area contributed by atoms with E-state index in [9.17, 15) is 24.9 Å². The van der Waals surface area contributed by atoms with E-state index in [1.54, 1.807) is 0 Å². The molecule has 1 saturated heterocycles. The lowest BCUT2D eigenvalue weighted by molar-refractivity contribution is -0.300. The van der Waals surface area contributed by atoms with Crippen molar-refractivity contribution in [3.63, 3.8) is 0 Å². The van der Waals surface area contributed by atoms with Crippen molar-refractivity contribution in [2.75, 3.05) is 6.54 Å². The molecule has 10 heteroatoms. The molecule has 0 aromatic rings. The summed E-state index contributed by atoms with van der Waals surface area (Å²) >= 11 is 0. The Morgan fingerprint density at radius 3 is 2.33 bits per heavy atom. The summed E-state index contributed by atoms with van der Waals surface area (Å²) < 4.78 is 10.8. The Kier molecular flexibility index (Phi) is 5.64. The molecule has 10 nitrogen and oxygen atoms in total. The number of aliphatic hydroxyl groups is 2. The number of aliphatic hydroxyl groups excluding tert-OH is 2. The van der Waals surface area contributed by atoms with Gasteiger partial charge < -0.3 is 29.6 Å². The molecule has 0 radical (unpaired) electrons. The van der Waals surface area contributed by atoms with E-state index in [4.69, 9.17) is 15.0 Å². The van der Waals surface area contributed by atoms with Crippen LogP contribution < -0.4 is 10.0 Å². The molecule has 21 heavy (non-hydrogen) atoms. The summed E-state index contributed by atoms with van der Waals surface area (Å²) in [5.41, 5.74) is 6.53. The Hall–Kier alpha value is -1.71. The number of rotatable bonds is 7. The van der Waals surface area contributed by atoms with Gasteiger partial charge >= 0.3 is 0 Å². The predicted molar refractivity (Wildman–Crippen MR) is 62.6 cm³/mol. The Morgan fingerprint density at radius 2 is 1.86 bits per heavy atom. The zero-order valence-electron chi connectivity index (χ0n) is 11.6. The van der Waals surface area contributed by atoms with Gasteiger partial charge in [0.2, 0.25) is 4.91 Å². The summed E-state index contributed by atoms with van der Waals surface area (Å²) in [5, 5.41) is 33.5. The van der Waals surface area contributed by atoms with Gasteiger partial charge in [0.1, 0.15) is 34.9 Å². The van der Waals surface area contributed by atoms with Crippen molar-refractivity contribution < 1.29 is 34.4 Å². The quantitative estimate of drug-likeness (QED) is 0.265. The summed E-state index contributed by atoms with van der Waals surface area (Å²) in [7, 11) is 0. The second-order valence-corrected chi connectivity index (χ2v) is 5.04. The number of ether oxygens (including phenoxy) is 2. The van der Waals surface area contributed by atoms with Gasteiger partial charge in [-0.3, -0.25) is 4.79 Å². The van der Waals surface area contributed by atoms with Gasteiger partial charge in [0, 0.05) is 6.42 Å². The molecule has 0 unspecified atom stereocenters. The lowest BCUT2D eigenvalue weighted by Gasteiger charge is -2.23. The molecular formula is C11H17N3O7. The van der Waals surface area contributed by atoms with Crippen LogP contribution in [0.3, 0.4) is 0 Å². The van der Waals surface area contributed by atoms with Crippen LogP contribution in [0.5, 0.6) is 0 Å². The molecule has 4 atom stereocenters. The van der Waals surface area contributed by atoms with Crippen molar-refractivity contribution in [1.82, 2.24) is 4.91 Å². The van der Waals surface area contributed by atoms with Crippen LogP contribution in [-0.4, -0.2) is 58.7 Å². The Labute approximate surface area is 119 Å². The summed E-state index contributed by atoms with van der Waals surface area (Å²) in [6.45, 7) is 2.81. The first-order valence-electron chi connectivity index (χ1n) is 6.17. The van der Waals surface area contributed by atoms with Crippen LogP contribution in [0.4, 0.5) is 0 Å². The Balaban J connectivity index is 2.82. The van der Waals surface area contributed by atoms with Crippen LogP contribution >= 0.6 is 0 Å². The van der Waals surface area contributed by atoms with Crippen molar-refractivity contribution in [2.24, 2.45) is 5.11 Å². The fraction of sp³-hybridized carbons (Fsp3) is 0.818. The van der Waals surface area contributed by atoms with E-state index in [1.807, 2.05) is 0 Å². The smallest absolute Gasteiger partial charge is 0.214 e. The minimum atomic E-state index is -1.91. The van der Waals surface area contributed by atoms with Crippen molar-refractivity contribution in [3.8, 4) is 0 Å². The van der Waals surface area contributed by atoms with E-state index < -0.39 is 48.4 Å². The number of hydrogen-bond donors (Lipinski definition) is 3. The predicted octanol–water partition coefficient (Wildman–Crippen LogP) is -2.51. The van der Waals surface area contributed by atoms with Crippen molar-refractivity contribution in [3.05, 3.63) is 0 Å². The molecular weight excluding hydrogens is 286 g/mol. The third-order valence-electron chi connectivity index (χ3n) is 2.88. The number of ketones is 1. The minimum absolute atomic E-state index is 0.259. The lowest BCUT2D eigenvalue weighted by atomic mass is 9.99. The van der Waals surface area contributed by atoms with E-state index in [0.717, 1.165) is 0 Å². The van der Waals surface area contributed by atoms with Gasteiger partial charge in [-0.15, -0.1) is 0 Å². The average Bonchev–Trinajstić information content (AvgIpc) is 2.72. The molecule has 0 amide bonds. The van der Waals surface area contributed by atoms with Gasteiger partial charge in [-0.25, -0.2) is 0 Å². The van der Waals surface area contributed by atoms with Crippen LogP contribution in [0.2, 0.25) is 0 Å². The minimum Gasteiger partial charge on any atom is -0.542 e. The molecule has 0 aliphatic carbocycles. The number of carboxylic acids is 1. The first-order chi connectivity index (χ1) is 9.68. The molecule has 0 aromatic carbocycles. The highest BCUT2D eigenvalue weighted by atomic mass is 16.8. The maximum Gasteiger partial charge on any atom is 0.214 e. The number of Topliss-reactive ketones (excluding diaryl/α,β-unsaturated/α-hetero) is 1. The standard InChI is InChI=1S/C11H17N3O7/c1-11(2)20-8(5(15)3-6(16)10(18)19)9(21-11)7(17)4-13-14-12/h5,7-9,12,15,17H,3-4H2,1-2H3/t5-,7-,8-,9-/m1/s1. The van der Waals surface area contributed by atoms with Crippen molar-refractivity contribution >= 4 is 11.8 Å². The van der Waals surface area contributed by atoms with E-state index in [0.29, 0.717) is 0 Å². The fourth-order valence-corrected chi connectivity index (χ4v) is 2.03. The van der Waals surface area contributed by atoms with Gasteiger partial charge in [0.05, 0.1) is 6.10 Å². The maximum atomic E-state index is 11.1. The third kappa shape index (κ3) is 4.66. The van der Waals surface area contributed by atoms with Gasteiger partial charge in [0.25, 0.3) is 0 Å². The van der Waals surface area contributed by atoms with Crippen LogP contribution in [0, 0.1) is 5.53 Å². The van der Waals surface area contributed by atoms with Gasteiger partial charge in [-0.2, -0.15) is 0 Å². The largest absolute Gasteiger partial charge is 0.542 e. The van der Waals surface area contributed by atoms with Crippen molar-refractivity contribution in [2.45, 2.75) is 50.5 Å². The molecule has 0 spiro atoms. The normalized spacial score (nSPS) is 26.7. The number of carboxylic acid groups (broad SMARTS) is 1. The summed E-state index contributed by atoms with van der Waals surface area (Å²) in [5.74, 6) is -4.33. The number of nitrogens with one attached hydrogen (secondary N) is 1. The van der Waals surface area contributed by atoms with Gasteiger partial charge in [-0.1, -0.05) is 0 Å². The first-order valence-corrected chi connectivity index (χ1v) is 6.17. The number of aliphatic carboxylic acids is 1. The van der Waals surface area contributed by atoms with E-state index in [-0.39, 0.29) is 6.54 Å². The van der Waals surface area contributed by atoms with Crippen LogP contribution in [-0.2, 0) is 19.1 Å². The summed E-state index contributed by atoms with van der Waals surface area (Å²) in [6, 6.07) is 0. The number of carbonyl (C=O) groups is 2. The molecule has 0 aromatic heterocycles. The lowest BCUT2D eigenvalue weighted by Crippen LogP contribution is -2.45. The molecule has 1 heterocycles. The second kappa shape index (κ2) is 6.83. The number of nitrogens with zero attached hydrogens (tertiary/aromatic N) is 2. The fourth-order valence-electron chi connectivity index (χ4n) is 2.03. The zero-order chi connectivity index (χ0) is 16.2. The Morgan fingerprint density at radius 1 is 1.33 bits per heavy atom. The number of carbonyl (C=O) groups excluding carboxylic acids is 2. The van der Waals surface area contributed by atoms with Crippen LogP contribution in [0.15, 0.2) is 5.11 Å². The average molecular weight is 303 g/mol. The highest BCUT2D eigenvalue weighted by molar-refractivity contribution is 6.31. The SMILES string of the molecule is CC1(C)O[C@H]([C@H](O)CN=[N+]=N)[C@@H]([C@H](O)CC(=O)C(=O)[O-])O1. The monoisotopic (exact) mass is 303 g/mol. The molecule has 1 rings (SSSR count). The Bertz CT molecular complexity index is 461. The van der Waals surface area contributed by atoms with Crippen LogP contribution in [0.25, 0.3) is 0 Å². The zero-order valence-corrected chi connectivity index (χ0v) is 11.6. The maximum absolute atomic E-state index is 11.1. The molecule has 0 bridgehead atoms. The number of hydrogen-bond acceptors (Lipinski definition) is 9. The first kappa shape index (κ1) is 17.3. The molecule has 1 aliphatic heterocycles. The third-order valence-corrected chi connectivity index (χ3v) is 2.88. The molecule has 118 valence electrons. The van der Waals surface area contributed by atoms with Gasteiger partial charge in [0.15, 0.2) is 18.1 Å². The molecule has 1 fully saturated rings. The molecule has 0 saturated carbocycles. The second-order valence-electron chi connectivity index (χ2n) is 5.04.